The summed E-state index contributed by atoms with van der Waals surface area (Å²) in [6, 6.07) is 5.49. The van der Waals surface area contributed by atoms with Gasteiger partial charge in [-0.05, 0) is 30.7 Å². The van der Waals surface area contributed by atoms with Crippen LogP contribution in [0.25, 0.3) is 5.78 Å². The molecule has 3 aromatic heterocycles. The number of aryl methyl sites for hydroxylation is 1. The van der Waals surface area contributed by atoms with E-state index >= 15 is 0 Å². The molecule has 3 heterocycles. The van der Waals surface area contributed by atoms with Crippen LogP contribution in [0.3, 0.4) is 0 Å². The fourth-order valence-corrected chi connectivity index (χ4v) is 3.30. The monoisotopic (exact) mass is 386 g/mol. The van der Waals surface area contributed by atoms with Crippen LogP contribution in [-0.2, 0) is 6.42 Å². The molecule has 4 rings (SSSR count). The van der Waals surface area contributed by atoms with Crippen LogP contribution in [0.1, 0.15) is 26.8 Å². The third-order valence-corrected chi connectivity index (χ3v) is 4.68. The summed E-state index contributed by atoms with van der Waals surface area (Å²) in [7, 11) is 0. The molecule has 27 heavy (non-hydrogen) atoms. The summed E-state index contributed by atoms with van der Waals surface area (Å²) < 4.78 is 27.8. The van der Waals surface area contributed by atoms with Crippen molar-refractivity contribution in [3.8, 4) is 0 Å². The molecule has 0 fully saturated rings. The molecule has 0 radical (unpaired) electrons. The van der Waals surface area contributed by atoms with Crippen LogP contribution in [0.2, 0.25) is 0 Å². The SMILES string of the molecule is Cc1ccnc2nc(C(=O)Nc3ncc(Cc4ccc(F)c(F)c4)s3)nn12. The molecule has 0 atom stereocenters. The summed E-state index contributed by atoms with van der Waals surface area (Å²) in [6.45, 7) is 1.83. The normalized spacial score (nSPS) is 11.1. The Hall–Kier alpha value is -3.27. The number of benzene rings is 1. The first kappa shape index (κ1) is 17.2. The fourth-order valence-electron chi connectivity index (χ4n) is 2.45. The Labute approximate surface area is 155 Å². The lowest BCUT2D eigenvalue weighted by Crippen LogP contribution is -2.13. The number of nitrogens with one attached hydrogen (secondary N) is 1. The molecule has 0 aliphatic carbocycles. The first-order valence-corrected chi connectivity index (χ1v) is 8.69. The summed E-state index contributed by atoms with van der Waals surface area (Å²) in [6.07, 6.45) is 3.54. The number of carbonyl (C=O) groups excluding carboxylic acids is 1. The number of aromatic nitrogens is 5. The van der Waals surface area contributed by atoms with E-state index in [0.29, 0.717) is 22.9 Å². The molecule has 7 nitrogen and oxygen atoms in total. The van der Waals surface area contributed by atoms with Crippen molar-refractivity contribution in [2.24, 2.45) is 0 Å². The third-order valence-electron chi connectivity index (χ3n) is 3.77. The van der Waals surface area contributed by atoms with Crippen LogP contribution in [-0.4, -0.2) is 30.5 Å². The standard InChI is InChI=1S/C17H12F2N6OS/c1-9-4-5-20-16-22-14(24-25(9)16)15(26)23-17-21-8-11(27-17)6-10-2-3-12(18)13(19)7-10/h2-5,7-8H,6H2,1H3,(H,21,23,26). The van der Waals surface area contributed by atoms with Gasteiger partial charge in [0, 0.05) is 29.4 Å². The average molecular weight is 386 g/mol. The van der Waals surface area contributed by atoms with Crippen LogP contribution < -0.4 is 5.32 Å². The minimum Gasteiger partial charge on any atom is -0.295 e. The van der Waals surface area contributed by atoms with Gasteiger partial charge >= 0.3 is 0 Å². The number of amides is 1. The largest absolute Gasteiger partial charge is 0.297 e. The lowest BCUT2D eigenvalue weighted by Gasteiger charge is -1.99. The van der Waals surface area contributed by atoms with Crippen LogP contribution in [0.5, 0.6) is 0 Å². The van der Waals surface area contributed by atoms with E-state index in [0.717, 1.165) is 22.7 Å². The van der Waals surface area contributed by atoms with Crippen molar-refractivity contribution < 1.29 is 13.6 Å². The zero-order valence-corrected chi connectivity index (χ0v) is 14.8. The highest BCUT2D eigenvalue weighted by Crippen LogP contribution is 2.22. The number of fused-ring (bicyclic) bond motifs is 1. The van der Waals surface area contributed by atoms with Gasteiger partial charge in [0.2, 0.25) is 5.82 Å². The van der Waals surface area contributed by atoms with Crippen LogP contribution in [0.15, 0.2) is 36.7 Å². The number of halogens is 2. The topological polar surface area (TPSA) is 85.1 Å². The fraction of sp³-hybridized carbons (Fsp3) is 0.118. The highest BCUT2D eigenvalue weighted by atomic mass is 32.1. The number of thiazole rings is 1. The number of anilines is 1. The minimum atomic E-state index is -0.896. The number of carbonyl (C=O) groups is 1. The average Bonchev–Trinajstić information content (AvgIpc) is 3.26. The summed E-state index contributed by atoms with van der Waals surface area (Å²) in [5.41, 5.74) is 1.41. The van der Waals surface area contributed by atoms with Gasteiger partial charge in [0.25, 0.3) is 11.7 Å². The smallest absolute Gasteiger partial charge is 0.295 e. The van der Waals surface area contributed by atoms with E-state index < -0.39 is 17.5 Å². The van der Waals surface area contributed by atoms with Crippen molar-refractivity contribution in [3.63, 3.8) is 0 Å². The Morgan fingerprint density at radius 3 is 2.85 bits per heavy atom. The van der Waals surface area contributed by atoms with E-state index in [9.17, 15) is 13.6 Å². The second-order valence-corrected chi connectivity index (χ2v) is 6.86. The lowest BCUT2D eigenvalue weighted by molar-refractivity contribution is 0.101. The second kappa shape index (κ2) is 6.80. The Bertz CT molecular complexity index is 1160. The quantitative estimate of drug-likeness (QED) is 0.583. The van der Waals surface area contributed by atoms with Gasteiger partial charge in [-0.2, -0.15) is 4.98 Å². The maximum Gasteiger partial charge on any atom is 0.297 e. The van der Waals surface area contributed by atoms with Crippen molar-refractivity contribution in [1.29, 1.82) is 0 Å². The molecule has 1 aromatic carbocycles. The predicted molar refractivity (Wildman–Crippen MR) is 94.8 cm³/mol. The maximum atomic E-state index is 13.3. The molecule has 136 valence electrons. The van der Waals surface area contributed by atoms with Crippen molar-refractivity contribution >= 4 is 28.2 Å². The van der Waals surface area contributed by atoms with Gasteiger partial charge in [-0.3, -0.25) is 10.1 Å². The van der Waals surface area contributed by atoms with Gasteiger partial charge in [-0.25, -0.2) is 23.3 Å². The molecule has 0 saturated carbocycles. The minimum absolute atomic E-state index is 0.0193. The number of hydrogen-bond donors (Lipinski definition) is 1. The first-order chi connectivity index (χ1) is 13.0. The van der Waals surface area contributed by atoms with Gasteiger partial charge in [0.05, 0.1) is 0 Å². The molecule has 10 heteroatoms. The van der Waals surface area contributed by atoms with Crippen molar-refractivity contribution in [3.05, 3.63) is 70.3 Å². The molecule has 0 unspecified atom stereocenters. The number of nitrogens with zero attached hydrogens (tertiary/aromatic N) is 5. The van der Waals surface area contributed by atoms with Gasteiger partial charge in [-0.1, -0.05) is 6.07 Å². The molecule has 0 spiro atoms. The summed E-state index contributed by atoms with van der Waals surface area (Å²) in [4.78, 5) is 25.4. The van der Waals surface area contributed by atoms with Crippen LogP contribution >= 0.6 is 11.3 Å². The molecular weight excluding hydrogens is 374 g/mol. The number of hydrogen-bond acceptors (Lipinski definition) is 6. The molecule has 1 amide bonds. The van der Waals surface area contributed by atoms with Crippen molar-refractivity contribution in [1.82, 2.24) is 24.6 Å². The Morgan fingerprint density at radius 2 is 2.07 bits per heavy atom. The molecule has 1 N–H and O–H groups in total. The van der Waals surface area contributed by atoms with Gasteiger partial charge in [0.1, 0.15) is 0 Å². The van der Waals surface area contributed by atoms with E-state index in [1.54, 1.807) is 18.5 Å². The zero-order valence-electron chi connectivity index (χ0n) is 14.0. The summed E-state index contributed by atoms with van der Waals surface area (Å²) >= 11 is 1.23. The second-order valence-electron chi connectivity index (χ2n) is 5.74. The Kier molecular flexibility index (Phi) is 4.32. The maximum absolute atomic E-state index is 13.3. The predicted octanol–water partition coefficient (Wildman–Crippen LogP) is 3.01. The lowest BCUT2D eigenvalue weighted by atomic mass is 10.1. The zero-order chi connectivity index (χ0) is 19.0. The third kappa shape index (κ3) is 3.51. The van der Waals surface area contributed by atoms with E-state index in [2.05, 4.69) is 25.4 Å². The molecule has 4 aromatic rings. The van der Waals surface area contributed by atoms with Gasteiger partial charge in [-0.15, -0.1) is 16.4 Å². The van der Waals surface area contributed by atoms with E-state index in [-0.39, 0.29) is 5.82 Å². The van der Waals surface area contributed by atoms with Crippen LogP contribution in [0, 0.1) is 18.6 Å². The highest BCUT2D eigenvalue weighted by Gasteiger charge is 2.16. The highest BCUT2D eigenvalue weighted by molar-refractivity contribution is 7.15. The summed E-state index contributed by atoms with van der Waals surface area (Å²) in [5.74, 6) is -1.98. The molecule has 0 saturated heterocycles. The van der Waals surface area contributed by atoms with E-state index in [4.69, 9.17) is 0 Å². The molecule has 0 aliphatic heterocycles. The summed E-state index contributed by atoms with van der Waals surface area (Å²) in [5, 5.41) is 7.13. The van der Waals surface area contributed by atoms with E-state index in [1.807, 2.05) is 6.92 Å². The molecular formula is C17H12F2N6OS. The van der Waals surface area contributed by atoms with Crippen molar-refractivity contribution in [2.45, 2.75) is 13.3 Å². The van der Waals surface area contributed by atoms with Crippen molar-refractivity contribution in [2.75, 3.05) is 5.32 Å². The Morgan fingerprint density at radius 1 is 1.22 bits per heavy atom. The first-order valence-electron chi connectivity index (χ1n) is 7.88. The molecule has 0 bridgehead atoms. The van der Waals surface area contributed by atoms with E-state index in [1.165, 1.54) is 21.9 Å². The molecule has 0 aliphatic rings. The Balaban J connectivity index is 1.48. The van der Waals surface area contributed by atoms with Gasteiger partial charge in [0.15, 0.2) is 16.8 Å². The van der Waals surface area contributed by atoms with Gasteiger partial charge < -0.3 is 0 Å². The number of rotatable bonds is 4. The van der Waals surface area contributed by atoms with Crippen LogP contribution in [0.4, 0.5) is 13.9 Å².